The molecule has 0 atom stereocenters. The van der Waals surface area contributed by atoms with Gasteiger partial charge >= 0.3 is 6.36 Å². The molecular weight excluding hydrogens is 408 g/mol. The molecule has 1 amide bonds. The lowest BCUT2D eigenvalue weighted by Crippen LogP contribution is -2.83. The molecule has 30 heavy (non-hydrogen) atoms. The first kappa shape index (κ1) is 21.2. The van der Waals surface area contributed by atoms with Crippen molar-refractivity contribution in [3.8, 4) is 0 Å². The monoisotopic (exact) mass is 430 g/mol. The summed E-state index contributed by atoms with van der Waals surface area (Å²) >= 11 is 0. The largest absolute Gasteiger partial charge is 0.522 e. The molecule has 2 N–H and O–H groups in total. The standard InChI is InChI=1S/C20H22F4N2O4/c21-13-3-1-2-12(4-13)16(27)7-25-18-9-19(10-18,11-18)26-17(28)8-29-14-5-15(6-14)30-20(22,23)24/h1-4,14-15,25H,5-11H2,(H,26,28). The van der Waals surface area contributed by atoms with E-state index in [1.54, 1.807) is 6.07 Å². The third-order valence-corrected chi connectivity index (χ3v) is 6.01. The number of carbonyl (C=O) groups is 2. The zero-order chi connectivity index (χ0) is 21.6. The van der Waals surface area contributed by atoms with E-state index in [-0.39, 0.29) is 48.8 Å². The summed E-state index contributed by atoms with van der Waals surface area (Å²) in [7, 11) is 0. The van der Waals surface area contributed by atoms with Gasteiger partial charge in [-0.3, -0.25) is 14.3 Å². The molecule has 0 radical (unpaired) electrons. The second kappa shape index (κ2) is 7.58. The smallest absolute Gasteiger partial charge is 0.368 e. The summed E-state index contributed by atoms with van der Waals surface area (Å²) in [5.74, 6) is -0.959. The van der Waals surface area contributed by atoms with Gasteiger partial charge in [0.1, 0.15) is 12.4 Å². The Morgan fingerprint density at radius 2 is 1.80 bits per heavy atom. The molecule has 2 bridgehead atoms. The van der Waals surface area contributed by atoms with Gasteiger partial charge in [-0.05, 0) is 31.4 Å². The second-order valence-corrected chi connectivity index (χ2v) is 8.52. The predicted octanol–water partition coefficient (Wildman–Crippen LogP) is 2.47. The Labute approximate surface area is 170 Å². The summed E-state index contributed by atoms with van der Waals surface area (Å²) in [6.07, 6.45) is -3.67. The Morgan fingerprint density at radius 1 is 1.10 bits per heavy atom. The molecule has 0 saturated heterocycles. The molecule has 5 rings (SSSR count). The second-order valence-electron chi connectivity index (χ2n) is 8.52. The summed E-state index contributed by atoms with van der Waals surface area (Å²) in [6, 6.07) is 5.54. The number of rotatable bonds is 9. The Hall–Kier alpha value is -2.04. The molecule has 0 heterocycles. The number of nitrogens with one attached hydrogen (secondary N) is 2. The van der Waals surface area contributed by atoms with Crippen molar-refractivity contribution in [1.29, 1.82) is 0 Å². The van der Waals surface area contributed by atoms with Gasteiger partial charge in [-0.2, -0.15) is 0 Å². The zero-order valence-corrected chi connectivity index (χ0v) is 16.1. The molecule has 0 unspecified atom stereocenters. The first-order chi connectivity index (χ1) is 14.1. The average molecular weight is 430 g/mol. The average Bonchev–Trinajstić information content (AvgIpc) is 2.56. The number of ether oxygens (including phenoxy) is 2. The highest BCUT2D eigenvalue weighted by atomic mass is 19.4. The fourth-order valence-electron chi connectivity index (χ4n) is 4.60. The topological polar surface area (TPSA) is 76.7 Å². The molecule has 0 aromatic heterocycles. The van der Waals surface area contributed by atoms with E-state index in [9.17, 15) is 27.2 Å². The van der Waals surface area contributed by atoms with Crippen LogP contribution in [0.25, 0.3) is 0 Å². The van der Waals surface area contributed by atoms with Crippen molar-refractivity contribution in [2.75, 3.05) is 13.2 Å². The van der Waals surface area contributed by atoms with Crippen molar-refractivity contribution < 1.29 is 36.6 Å². The molecule has 4 aliphatic rings. The number of alkyl halides is 3. The van der Waals surface area contributed by atoms with Crippen LogP contribution in [0.3, 0.4) is 0 Å². The number of benzene rings is 1. The molecule has 0 spiro atoms. The van der Waals surface area contributed by atoms with E-state index >= 15 is 0 Å². The predicted molar refractivity (Wildman–Crippen MR) is 96.1 cm³/mol. The van der Waals surface area contributed by atoms with Gasteiger partial charge in [-0.15, -0.1) is 13.2 Å². The van der Waals surface area contributed by atoms with E-state index in [0.29, 0.717) is 24.8 Å². The molecular formula is C20H22F4N2O4. The van der Waals surface area contributed by atoms with E-state index < -0.39 is 24.4 Å². The number of carbonyl (C=O) groups excluding carboxylic acids is 2. The van der Waals surface area contributed by atoms with Gasteiger partial charge in [0.15, 0.2) is 5.78 Å². The van der Waals surface area contributed by atoms with Gasteiger partial charge in [0, 0.05) is 29.5 Å². The third kappa shape index (κ3) is 4.65. The van der Waals surface area contributed by atoms with Gasteiger partial charge in [-0.1, -0.05) is 12.1 Å². The summed E-state index contributed by atoms with van der Waals surface area (Å²) < 4.78 is 58.6. The van der Waals surface area contributed by atoms with Crippen molar-refractivity contribution in [2.24, 2.45) is 0 Å². The van der Waals surface area contributed by atoms with Crippen LogP contribution in [0.5, 0.6) is 0 Å². The normalized spacial score (nSPS) is 31.9. The van der Waals surface area contributed by atoms with Crippen molar-refractivity contribution in [3.05, 3.63) is 35.6 Å². The number of hydrogen-bond acceptors (Lipinski definition) is 5. The van der Waals surface area contributed by atoms with Crippen LogP contribution in [0.1, 0.15) is 42.5 Å². The number of halogens is 4. The number of Topliss-reactive ketones (excluding diaryl/α,β-unsaturated/α-hetero) is 1. The first-order valence-electron chi connectivity index (χ1n) is 9.76. The molecule has 1 aromatic rings. The summed E-state index contributed by atoms with van der Waals surface area (Å²) in [4.78, 5) is 24.2. The fourth-order valence-corrected chi connectivity index (χ4v) is 4.60. The minimum absolute atomic E-state index is 0.0967. The highest BCUT2D eigenvalue weighted by molar-refractivity contribution is 5.97. The van der Waals surface area contributed by atoms with Crippen molar-refractivity contribution in [2.45, 2.75) is 61.8 Å². The minimum atomic E-state index is -4.65. The zero-order valence-electron chi connectivity index (χ0n) is 16.1. The molecule has 164 valence electrons. The highest BCUT2D eigenvalue weighted by Gasteiger charge is 2.68. The van der Waals surface area contributed by atoms with Gasteiger partial charge in [0.25, 0.3) is 0 Å². The maximum absolute atomic E-state index is 13.2. The summed E-state index contributed by atoms with van der Waals surface area (Å²) in [5, 5.41) is 6.12. The highest BCUT2D eigenvalue weighted by Crippen LogP contribution is 2.60. The van der Waals surface area contributed by atoms with E-state index in [2.05, 4.69) is 15.4 Å². The van der Waals surface area contributed by atoms with Crippen LogP contribution >= 0.6 is 0 Å². The third-order valence-electron chi connectivity index (χ3n) is 6.01. The van der Waals surface area contributed by atoms with Crippen molar-refractivity contribution in [3.63, 3.8) is 0 Å². The maximum atomic E-state index is 13.2. The molecule has 10 heteroatoms. The van der Waals surface area contributed by atoms with Crippen LogP contribution in [0.4, 0.5) is 17.6 Å². The van der Waals surface area contributed by atoms with Crippen LogP contribution in [0.2, 0.25) is 0 Å². The Balaban J connectivity index is 1.11. The Bertz CT molecular complexity index is 819. The molecule has 6 nitrogen and oxygen atoms in total. The van der Waals surface area contributed by atoms with Gasteiger partial charge in [0.2, 0.25) is 5.91 Å². The molecule has 4 aliphatic carbocycles. The minimum Gasteiger partial charge on any atom is -0.368 e. The van der Waals surface area contributed by atoms with E-state index in [1.807, 2.05) is 0 Å². The number of ketones is 1. The number of amides is 1. The van der Waals surface area contributed by atoms with Crippen molar-refractivity contribution in [1.82, 2.24) is 10.6 Å². The van der Waals surface area contributed by atoms with Crippen LogP contribution in [-0.2, 0) is 14.3 Å². The van der Waals surface area contributed by atoms with Crippen LogP contribution in [0, 0.1) is 5.82 Å². The SMILES string of the molecule is O=C(COC1CC(OC(F)(F)F)C1)NC12CC(NCC(=O)c3cccc(F)c3)(C1)C2. The van der Waals surface area contributed by atoms with Crippen LogP contribution in [0.15, 0.2) is 24.3 Å². The Kier molecular flexibility index (Phi) is 5.36. The summed E-state index contributed by atoms with van der Waals surface area (Å²) in [6.45, 7) is -0.108. The van der Waals surface area contributed by atoms with E-state index in [4.69, 9.17) is 4.74 Å². The Morgan fingerprint density at radius 3 is 2.43 bits per heavy atom. The van der Waals surface area contributed by atoms with Gasteiger partial charge in [-0.25, -0.2) is 4.39 Å². The van der Waals surface area contributed by atoms with E-state index in [1.165, 1.54) is 18.2 Å². The lowest BCUT2D eigenvalue weighted by atomic mass is 9.44. The lowest BCUT2D eigenvalue weighted by molar-refractivity contribution is -0.357. The van der Waals surface area contributed by atoms with Gasteiger partial charge < -0.3 is 15.4 Å². The van der Waals surface area contributed by atoms with Crippen molar-refractivity contribution >= 4 is 11.7 Å². The van der Waals surface area contributed by atoms with Crippen LogP contribution in [-0.4, -0.2) is 54.5 Å². The molecule has 4 saturated carbocycles. The molecule has 4 fully saturated rings. The maximum Gasteiger partial charge on any atom is 0.522 e. The van der Waals surface area contributed by atoms with Crippen LogP contribution < -0.4 is 10.6 Å². The summed E-state index contributed by atoms with van der Waals surface area (Å²) in [5.41, 5.74) is -0.183. The molecule has 1 aromatic carbocycles. The quantitative estimate of drug-likeness (QED) is 0.465. The fraction of sp³-hybridized carbons (Fsp3) is 0.600. The molecule has 0 aliphatic heterocycles. The number of hydrogen-bond donors (Lipinski definition) is 2. The lowest BCUT2D eigenvalue weighted by Gasteiger charge is -2.70. The van der Waals surface area contributed by atoms with E-state index in [0.717, 1.165) is 0 Å². The van der Waals surface area contributed by atoms with Gasteiger partial charge in [0.05, 0.1) is 18.8 Å². The first-order valence-corrected chi connectivity index (χ1v) is 9.76.